The molecule has 112 valence electrons. The van der Waals surface area contributed by atoms with E-state index in [1.54, 1.807) is 7.11 Å². The molecule has 0 aliphatic rings. The number of hydrogen-bond donors (Lipinski definition) is 1. The van der Waals surface area contributed by atoms with Crippen molar-refractivity contribution in [2.45, 2.75) is 11.6 Å². The minimum absolute atomic E-state index is 0.0597. The number of methoxy groups -OCH3 is 1. The van der Waals surface area contributed by atoms with E-state index in [9.17, 15) is 4.79 Å². The number of ether oxygens (including phenoxy) is 1. The third-order valence-electron chi connectivity index (χ3n) is 2.61. The number of carbonyl (C=O) groups is 1. The average Bonchev–Trinajstić information content (AvgIpc) is 2.99. The Morgan fingerprint density at radius 2 is 2.19 bits per heavy atom. The van der Waals surface area contributed by atoms with Crippen molar-refractivity contribution >= 4 is 17.7 Å². The van der Waals surface area contributed by atoms with Gasteiger partial charge in [-0.2, -0.15) is 4.98 Å². The molecule has 7 heteroatoms. The minimum Gasteiger partial charge on any atom is -0.385 e. The van der Waals surface area contributed by atoms with Gasteiger partial charge in [-0.3, -0.25) is 4.79 Å². The summed E-state index contributed by atoms with van der Waals surface area (Å²) in [6.45, 7) is 1.24. The number of aromatic nitrogens is 2. The van der Waals surface area contributed by atoms with E-state index < -0.39 is 0 Å². The molecule has 1 heterocycles. The average molecular weight is 307 g/mol. The molecule has 0 bridgehead atoms. The number of carbonyl (C=O) groups excluding carboxylic acids is 1. The lowest BCUT2D eigenvalue weighted by atomic mass is 10.2. The Kier molecular flexibility index (Phi) is 6.23. The molecule has 2 aromatic rings. The first-order valence-electron chi connectivity index (χ1n) is 6.57. The van der Waals surface area contributed by atoms with Crippen LogP contribution >= 0.6 is 11.8 Å². The summed E-state index contributed by atoms with van der Waals surface area (Å²) in [5, 5.41) is 7.08. The molecule has 0 saturated heterocycles. The molecule has 1 amide bonds. The van der Waals surface area contributed by atoms with Crippen LogP contribution in [0.4, 0.5) is 0 Å². The van der Waals surface area contributed by atoms with Crippen LogP contribution in [0.15, 0.2) is 40.1 Å². The zero-order valence-corrected chi connectivity index (χ0v) is 12.6. The predicted octanol–water partition coefficient (Wildman–Crippen LogP) is 1.98. The SMILES string of the molecule is COCCCNC(=O)CSc1nc(-c2ccccc2)no1. The minimum atomic E-state index is -0.0597. The van der Waals surface area contributed by atoms with E-state index in [0.717, 1.165) is 12.0 Å². The third kappa shape index (κ3) is 5.20. The van der Waals surface area contributed by atoms with Crippen molar-refractivity contribution in [3.8, 4) is 11.4 Å². The number of hydrogen-bond acceptors (Lipinski definition) is 6. The Morgan fingerprint density at radius 3 is 2.95 bits per heavy atom. The van der Waals surface area contributed by atoms with Gasteiger partial charge in [-0.15, -0.1) is 0 Å². The van der Waals surface area contributed by atoms with Crippen molar-refractivity contribution in [3.63, 3.8) is 0 Å². The van der Waals surface area contributed by atoms with Crippen LogP contribution in [0, 0.1) is 0 Å². The van der Waals surface area contributed by atoms with Crippen LogP contribution in [0.5, 0.6) is 0 Å². The van der Waals surface area contributed by atoms with Gasteiger partial charge in [-0.1, -0.05) is 47.3 Å². The largest absolute Gasteiger partial charge is 0.385 e. The number of nitrogens with one attached hydrogen (secondary N) is 1. The van der Waals surface area contributed by atoms with Crippen molar-refractivity contribution in [2.75, 3.05) is 26.0 Å². The van der Waals surface area contributed by atoms with E-state index in [2.05, 4.69) is 15.5 Å². The maximum atomic E-state index is 11.6. The van der Waals surface area contributed by atoms with E-state index in [1.165, 1.54) is 11.8 Å². The molecule has 0 spiro atoms. The van der Waals surface area contributed by atoms with Crippen molar-refractivity contribution in [3.05, 3.63) is 30.3 Å². The van der Waals surface area contributed by atoms with Crippen LogP contribution < -0.4 is 5.32 Å². The second kappa shape index (κ2) is 8.43. The van der Waals surface area contributed by atoms with Crippen molar-refractivity contribution in [1.82, 2.24) is 15.5 Å². The molecule has 0 saturated carbocycles. The molecular formula is C14H17N3O3S. The highest BCUT2D eigenvalue weighted by molar-refractivity contribution is 7.99. The fraction of sp³-hybridized carbons (Fsp3) is 0.357. The summed E-state index contributed by atoms with van der Waals surface area (Å²) < 4.78 is 10.0. The van der Waals surface area contributed by atoms with Crippen LogP contribution in [0.3, 0.4) is 0 Å². The van der Waals surface area contributed by atoms with Gasteiger partial charge in [-0.05, 0) is 6.42 Å². The second-order valence-corrected chi connectivity index (χ2v) is 5.16. The highest BCUT2D eigenvalue weighted by Crippen LogP contribution is 2.20. The maximum Gasteiger partial charge on any atom is 0.286 e. The molecule has 0 aliphatic carbocycles. The smallest absolute Gasteiger partial charge is 0.286 e. The second-order valence-electron chi connectivity index (χ2n) is 4.23. The molecule has 1 aromatic heterocycles. The standard InChI is InChI=1S/C14H17N3O3S/c1-19-9-5-8-15-12(18)10-21-14-16-13(17-20-14)11-6-3-2-4-7-11/h2-4,6-7H,5,8-10H2,1H3,(H,15,18). The third-order valence-corrected chi connectivity index (χ3v) is 3.43. The summed E-state index contributed by atoms with van der Waals surface area (Å²) in [4.78, 5) is 15.8. The highest BCUT2D eigenvalue weighted by Gasteiger charge is 2.10. The Hall–Kier alpha value is -1.86. The molecule has 0 fully saturated rings. The molecule has 0 aliphatic heterocycles. The van der Waals surface area contributed by atoms with Crippen LogP contribution in [0.1, 0.15) is 6.42 Å². The lowest BCUT2D eigenvalue weighted by molar-refractivity contribution is -0.118. The van der Waals surface area contributed by atoms with Gasteiger partial charge in [0, 0.05) is 25.8 Å². The Morgan fingerprint density at radius 1 is 1.38 bits per heavy atom. The zero-order chi connectivity index (χ0) is 14.9. The number of rotatable bonds is 8. The van der Waals surface area contributed by atoms with E-state index in [-0.39, 0.29) is 11.7 Å². The summed E-state index contributed by atoms with van der Waals surface area (Å²) in [5.41, 5.74) is 0.886. The predicted molar refractivity (Wildman–Crippen MR) is 80.0 cm³/mol. The number of nitrogens with zero attached hydrogens (tertiary/aromatic N) is 2. The van der Waals surface area contributed by atoms with E-state index in [0.29, 0.717) is 24.2 Å². The van der Waals surface area contributed by atoms with Gasteiger partial charge in [0.1, 0.15) is 0 Å². The van der Waals surface area contributed by atoms with Gasteiger partial charge in [0.2, 0.25) is 11.7 Å². The zero-order valence-electron chi connectivity index (χ0n) is 11.7. The monoisotopic (exact) mass is 307 g/mol. The topological polar surface area (TPSA) is 77.2 Å². The van der Waals surface area contributed by atoms with Crippen LogP contribution in [0.25, 0.3) is 11.4 Å². The van der Waals surface area contributed by atoms with Crippen LogP contribution in [0.2, 0.25) is 0 Å². The quantitative estimate of drug-likeness (QED) is 0.593. The van der Waals surface area contributed by atoms with Crippen molar-refractivity contribution in [1.29, 1.82) is 0 Å². The van der Waals surface area contributed by atoms with E-state index in [1.807, 2.05) is 30.3 Å². The summed E-state index contributed by atoms with van der Waals surface area (Å²) in [6, 6.07) is 9.55. The van der Waals surface area contributed by atoms with Crippen molar-refractivity contribution in [2.24, 2.45) is 0 Å². The first-order valence-corrected chi connectivity index (χ1v) is 7.55. The van der Waals surface area contributed by atoms with Gasteiger partial charge in [0.05, 0.1) is 5.75 Å². The first-order chi connectivity index (χ1) is 10.3. The highest BCUT2D eigenvalue weighted by atomic mass is 32.2. The fourth-order valence-corrected chi connectivity index (χ4v) is 2.19. The van der Waals surface area contributed by atoms with Crippen LogP contribution in [-0.2, 0) is 9.53 Å². The lowest BCUT2D eigenvalue weighted by Gasteiger charge is -2.02. The van der Waals surface area contributed by atoms with Crippen molar-refractivity contribution < 1.29 is 14.1 Å². The summed E-state index contributed by atoms with van der Waals surface area (Å²) in [6.07, 6.45) is 0.797. The Balaban J connectivity index is 1.77. The normalized spacial score (nSPS) is 10.5. The number of benzene rings is 1. The lowest BCUT2D eigenvalue weighted by Crippen LogP contribution is -2.26. The van der Waals surface area contributed by atoms with Gasteiger partial charge in [0.15, 0.2) is 0 Å². The van der Waals surface area contributed by atoms with Gasteiger partial charge >= 0.3 is 0 Å². The molecule has 1 aromatic carbocycles. The summed E-state index contributed by atoms with van der Waals surface area (Å²) in [7, 11) is 1.64. The summed E-state index contributed by atoms with van der Waals surface area (Å²) in [5.74, 6) is 0.720. The fourth-order valence-electron chi connectivity index (χ4n) is 1.60. The molecule has 6 nitrogen and oxygen atoms in total. The number of thioether (sulfide) groups is 1. The molecular weight excluding hydrogens is 290 g/mol. The maximum absolute atomic E-state index is 11.6. The van der Waals surface area contributed by atoms with E-state index >= 15 is 0 Å². The molecule has 0 unspecified atom stereocenters. The van der Waals surface area contributed by atoms with Gasteiger partial charge in [-0.25, -0.2) is 0 Å². The summed E-state index contributed by atoms with van der Waals surface area (Å²) >= 11 is 1.22. The van der Waals surface area contributed by atoms with Gasteiger partial charge in [0.25, 0.3) is 5.22 Å². The Labute approximate surface area is 127 Å². The number of amides is 1. The first kappa shape index (κ1) is 15.5. The van der Waals surface area contributed by atoms with Crippen LogP contribution in [-0.4, -0.2) is 42.1 Å². The molecule has 21 heavy (non-hydrogen) atoms. The Bertz CT molecular complexity index is 560. The molecule has 2 rings (SSSR count). The van der Waals surface area contributed by atoms with E-state index in [4.69, 9.17) is 9.26 Å². The van der Waals surface area contributed by atoms with Gasteiger partial charge < -0.3 is 14.6 Å². The molecule has 1 N–H and O–H groups in total. The molecule has 0 radical (unpaired) electrons. The molecule has 0 atom stereocenters.